The van der Waals surface area contributed by atoms with E-state index in [-0.39, 0.29) is 5.56 Å². The van der Waals surface area contributed by atoms with Gasteiger partial charge < -0.3 is 10.6 Å². The Labute approximate surface area is 123 Å². The van der Waals surface area contributed by atoms with Crippen LogP contribution in [0.1, 0.15) is 23.2 Å². The first kappa shape index (κ1) is 13.8. The summed E-state index contributed by atoms with van der Waals surface area (Å²) >= 11 is 0. The molecule has 0 saturated carbocycles. The summed E-state index contributed by atoms with van der Waals surface area (Å²) in [7, 11) is 0. The molecule has 2 heterocycles. The lowest BCUT2D eigenvalue weighted by atomic mass is 10.0. The number of fused-ring (bicyclic) bond motifs is 1. The van der Waals surface area contributed by atoms with Crippen molar-refractivity contribution in [1.82, 2.24) is 15.5 Å². The van der Waals surface area contributed by atoms with E-state index in [1.807, 2.05) is 18.2 Å². The number of nitrogens with zero attached hydrogens (tertiary/aromatic N) is 1. The molecule has 2 aromatic rings. The van der Waals surface area contributed by atoms with Crippen molar-refractivity contribution < 1.29 is 0 Å². The Morgan fingerprint density at radius 1 is 1.24 bits per heavy atom. The number of benzene rings is 1. The molecule has 1 aromatic heterocycles. The van der Waals surface area contributed by atoms with Crippen LogP contribution >= 0.6 is 0 Å². The molecule has 0 amide bonds. The van der Waals surface area contributed by atoms with Crippen molar-refractivity contribution in [3.63, 3.8) is 0 Å². The zero-order chi connectivity index (χ0) is 14.5. The molecular formula is C16H20N4O. The first-order valence-corrected chi connectivity index (χ1v) is 7.43. The average Bonchev–Trinajstić information content (AvgIpc) is 2.55. The molecule has 5 heteroatoms. The molecule has 1 aliphatic rings. The second-order valence-electron chi connectivity index (χ2n) is 5.30. The lowest BCUT2D eigenvalue weighted by Gasteiger charge is -2.19. The quantitative estimate of drug-likeness (QED) is 0.727. The lowest BCUT2D eigenvalue weighted by Crippen LogP contribution is -2.26. The van der Waals surface area contributed by atoms with Gasteiger partial charge in [0.05, 0.1) is 11.4 Å². The Bertz CT molecular complexity index is 651. The number of H-pyrrole nitrogens is 1. The fourth-order valence-electron chi connectivity index (χ4n) is 2.67. The van der Waals surface area contributed by atoms with Crippen molar-refractivity contribution >= 4 is 5.69 Å². The molecule has 0 atom stereocenters. The van der Waals surface area contributed by atoms with Crippen LogP contribution in [0.5, 0.6) is 0 Å². The molecule has 21 heavy (non-hydrogen) atoms. The van der Waals surface area contributed by atoms with Crippen LogP contribution < -0.4 is 16.2 Å². The van der Waals surface area contributed by atoms with Crippen LogP contribution in [-0.2, 0) is 19.4 Å². The molecule has 3 N–H and O–H groups in total. The predicted molar refractivity (Wildman–Crippen MR) is 83.5 cm³/mol. The molecule has 0 fully saturated rings. The Morgan fingerprint density at radius 2 is 2.10 bits per heavy atom. The molecule has 0 unspecified atom stereocenters. The number of aromatic amines is 1. The van der Waals surface area contributed by atoms with Gasteiger partial charge in [0.2, 0.25) is 0 Å². The van der Waals surface area contributed by atoms with Gasteiger partial charge in [-0.15, -0.1) is 0 Å². The summed E-state index contributed by atoms with van der Waals surface area (Å²) in [5.41, 5.74) is 3.97. The van der Waals surface area contributed by atoms with Crippen LogP contribution in [-0.4, -0.2) is 23.3 Å². The highest BCUT2D eigenvalue weighted by Gasteiger charge is 2.16. The van der Waals surface area contributed by atoms with Gasteiger partial charge >= 0.3 is 0 Å². The van der Waals surface area contributed by atoms with E-state index in [2.05, 4.69) is 33.0 Å². The Kier molecular flexibility index (Phi) is 4.31. The van der Waals surface area contributed by atoms with E-state index in [4.69, 9.17) is 0 Å². The maximum absolute atomic E-state index is 11.8. The van der Waals surface area contributed by atoms with Gasteiger partial charge in [-0.3, -0.25) is 4.79 Å². The third kappa shape index (κ3) is 3.31. The molecule has 0 aliphatic carbocycles. The van der Waals surface area contributed by atoms with Crippen LogP contribution in [0.4, 0.5) is 5.69 Å². The number of hydrogen-bond donors (Lipinski definition) is 3. The van der Waals surface area contributed by atoms with Crippen LogP contribution in [0.2, 0.25) is 0 Å². The normalized spacial score (nSPS) is 13.5. The van der Waals surface area contributed by atoms with Crippen LogP contribution in [0, 0.1) is 0 Å². The summed E-state index contributed by atoms with van der Waals surface area (Å²) in [4.78, 5) is 11.8. The maximum atomic E-state index is 11.8. The maximum Gasteiger partial charge on any atom is 0.269 e. The van der Waals surface area contributed by atoms with E-state index < -0.39 is 0 Å². The van der Waals surface area contributed by atoms with E-state index in [9.17, 15) is 4.79 Å². The van der Waals surface area contributed by atoms with Gasteiger partial charge in [-0.25, -0.2) is 5.10 Å². The van der Waals surface area contributed by atoms with Crippen LogP contribution in [0.3, 0.4) is 0 Å². The minimum absolute atomic E-state index is 0.0572. The number of anilines is 1. The molecule has 1 aliphatic heterocycles. The summed E-state index contributed by atoms with van der Waals surface area (Å²) in [6, 6.07) is 10.3. The Morgan fingerprint density at radius 3 is 2.95 bits per heavy atom. The Hall–Kier alpha value is -2.14. The van der Waals surface area contributed by atoms with Gasteiger partial charge in [0.25, 0.3) is 5.56 Å². The number of nitrogens with one attached hydrogen (secondary N) is 3. The van der Waals surface area contributed by atoms with E-state index in [0.29, 0.717) is 0 Å². The van der Waals surface area contributed by atoms with Gasteiger partial charge in [0, 0.05) is 31.6 Å². The third-order valence-electron chi connectivity index (χ3n) is 3.77. The number of hydrogen-bond acceptors (Lipinski definition) is 4. The van der Waals surface area contributed by atoms with Crippen LogP contribution in [0.15, 0.2) is 35.1 Å². The van der Waals surface area contributed by atoms with E-state index in [0.717, 1.165) is 55.8 Å². The zero-order valence-corrected chi connectivity index (χ0v) is 12.0. The van der Waals surface area contributed by atoms with Crippen molar-refractivity contribution in [2.24, 2.45) is 0 Å². The molecule has 110 valence electrons. The summed E-state index contributed by atoms with van der Waals surface area (Å²) < 4.78 is 0. The highest BCUT2D eigenvalue weighted by molar-refractivity contribution is 5.55. The summed E-state index contributed by atoms with van der Waals surface area (Å²) in [5, 5.41) is 13.5. The van der Waals surface area contributed by atoms with Gasteiger partial charge in [-0.05, 0) is 18.4 Å². The monoisotopic (exact) mass is 284 g/mol. The van der Waals surface area contributed by atoms with Crippen molar-refractivity contribution in [3.8, 4) is 0 Å². The van der Waals surface area contributed by atoms with Gasteiger partial charge in [0.15, 0.2) is 0 Å². The SMILES string of the molecule is O=c1[nH]nc(CCNCc2ccccc2)c2c1CCCN2. The number of rotatable bonds is 5. The third-order valence-corrected chi connectivity index (χ3v) is 3.77. The first-order valence-electron chi connectivity index (χ1n) is 7.43. The molecule has 3 rings (SSSR count). The largest absolute Gasteiger partial charge is 0.383 e. The van der Waals surface area contributed by atoms with Gasteiger partial charge in [0.1, 0.15) is 0 Å². The van der Waals surface area contributed by atoms with Crippen molar-refractivity contribution in [3.05, 3.63) is 57.5 Å². The molecule has 1 aromatic carbocycles. The minimum Gasteiger partial charge on any atom is -0.383 e. The predicted octanol–water partition coefficient (Wildman–Crippen LogP) is 1.46. The molecular weight excluding hydrogens is 264 g/mol. The second-order valence-corrected chi connectivity index (χ2v) is 5.30. The Balaban J connectivity index is 1.60. The zero-order valence-electron chi connectivity index (χ0n) is 12.0. The topological polar surface area (TPSA) is 69.8 Å². The first-order chi connectivity index (χ1) is 10.3. The molecule has 0 radical (unpaired) electrons. The summed E-state index contributed by atoms with van der Waals surface area (Å²) in [6.07, 6.45) is 2.65. The van der Waals surface area contributed by atoms with E-state index >= 15 is 0 Å². The molecule has 0 spiro atoms. The lowest BCUT2D eigenvalue weighted by molar-refractivity contribution is 0.669. The summed E-state index contributed by atoms with van der Waals surface area (Å²) in [6.45, 7) is 2.60. The van der Waals surface area contributed by atoms with Gasteiger partial charge in [-0.1, -0.05) is 30.3 Å². The smallest absolute Gasteiger partial charge is 0.269 e. The number of aromatic nitrogens is 2. The van der Waals surface area contributed by atoms with Crippen molar-refractivity contribution in [2.75, 3.05) is 18.4 Å². The fourth-order valence-corrected chi connectivity index (χ4v) is 2.67. The highest BCUT2D eigenvalue weighted by atomic mass is 16.1. The van der Waals surface area contributed by atoms with Gasteiger partial charge in [-0.2, -0.15) is 5.10 Å². The summed E-state index contributed by atoms with van der Waals surface area (Å²) in [5.74, 6) is 0. The molecule has 0 saturated heterocycles. The second kappa shape index (κ2) is 6.54. The minimum atomic E-state index is -0.0572. The van der Waals surface area contributed by atoms with Crippen LogP contribution in [0.25, 0.3) is 0 Å². The van der Waals surface area contributed by atoms with E-state index in [1.54, 1.807) is 0 Å². The standard InChI is InChI=1S/C16H20N4O/c21-16-13-7-4-9-18-15(13)14(19-20-16)8-10-17-11-12-5-2-1-3-6-12/h1-3,5-6,17-18H,4,7-11H2,(H,20,21). The molecule has 5 nitrogen and oxygen atoms in total. The average molecular weight is 284 g/mol. The van der Waals surface area contributed by atoms with Crippen molar-refractivity contribution in [1.29, 1.82) is 0 Å². The molecule has 0 bridgehead atoms. The van der Waals surface area contributed by atoms with E-state index in [1.165, 1.54) is 5.56 Å². The van der Waals surface area contributed by atoms with Crippen molar-refractivity contribution in [2.45, 2.75) is 25.8 Å². The fraction of sp³-hybridized carbons (Fsp3) is 0.375. The highest BCUT2D eigenvalue weighted by Crippen LogP contribution is 2.21.